The first-order chi connectivity index (χ1) is 10.4. The average Bonchev–Trinajstić information content (AvgIpc) is 3.04. The molecule has 1 rings (SSSR count). The van der Waals surface area contributed by atoms with Gasteiger partial charge in [0, 0.05) is 23.4 Å². The number of thiophene rings is 1. The van der Waals surface area contributed by atoms with Gasteiger partial charge in [-0.2, -0.15) is 0 Å². The number of carbonyl (C=O) groups excluding carboxylic acids is 1. The third-order valence-electron chi connectivity index (χ3n) is 3.34. The van der Waals surface area contributed by atoms with Crippen molar-refractivity contribution in [2.45, 2.75) is 33.1 Å². The van der Waals surface area contributed by atoms with Crippen LogP contribution in [0.2, 0.25) is 0 Å². The lowest BCUT2D eigenvalue weighted by Gasteiger charge is -2.22. The van der Waals surface area contributed by atoms with Crippen LogP contribution in [0.3, 0.4) is 0 Å². The molecule has 0 bridgehead atoms. The first-order valence-electron chi connectivity index (χ1n) is 7.54. The molecule has 0 saturated carbocycles. The predicted octanol–water partition coefficient (Wildman–Crippen LogP) is 2.39. The molecule has 0 amide bonds. The smallest absolute Gasteiger partial charge is 0.310 e. The van der Waals surface area contributed by atoms with Gasteiger partial charge >= 0.3 is 5.97 Å². The predicted molar refractivity (Wildman–Crippen MR) is 92.5 cm³/mol. The number of hydrogen-bond donors (Lipinski definition) is 2. The molecule has 0 saturated heterocycles. The van der Waals surface area contributed by atoms with Crippen molar-refractivity contribution in [2.24, 2.45) is 10.9 Å². The van der Waals surface area contributed by atoms with Crippen molar-refractivity contribution in [3.05, 3.63) is 22.4 Å². The fraction of sp³-hybridized carbons (Fsp3) is 0.625. The van der Waals surface area contributed by atoms with Gasteiger partial charge in [-0.15, -0.1) is 11.3 Å². The Morgan fingerprint density at radius 2 is 2.18 bits per heavy atom. The highest BCUT2D eigenvalue weighted by Gasteiger charge is 2.21. The van der Waals surface area contributed by atoms with Crippen LogP contribution in [-0.4, -0.2) is 38.7 Å². The lowest BCUT2D eigenvalue weighted by molar-refractivity contribution is -0.144. The monoisotopic (exact) mass is 325 g/mol. The number of nitrogens with zero attached hydrogens (tertiary/aromatic N) is 1. The number of aliphatic imine (C=N–C) groups is 1. The number of ether oxygens (including phenoxy) is 1. The van der Waals surface area contributed by atoms with Crippen LogP contribution in [0.25, 0.3) is 0 Å². The fourth-order valence-corrected chi connectivity index (χ4v) is 2.74. The Hall–Kier alpha value is -1.56. The zero-order valence-corrected chi connectivity index (χ0v) is 14.9. The molecule has 22 heavy (non-hydrogen) atoms. The van der Waals surface area contributed by atoms with E-state index in [1.807, 2.05) is 13.8 Å². The summed E-state index contributed by atoms with van der Waals surface area (Å²) >= 11 is 1.75. The second-order valence-electron chi connectivity index (χ2n) is 5.86. The molecular formula is C16H27N3O2S. The zero-order chi connectivity index (χ0) is 16.6. The van der Waals surface area contributed by atoms with Gasteiger partial charge < -0.3 is 15.4 Å². The molecule has 1 heterocycles. The summed E-state index contributed by atoms with van der Waals surface area (Å²) in [6.07, 6.45) is 0. The summed E-state index contributed by atoms with van der Waals surface area (Å²) in [5.74, 6) is 0.296. The normalized spacial score (nSPS) is 13.6. The maximum absolute atomic E-state index is 11.4. The summed E-state index contributed by atoms with van der Waals surface area (Å²) in [6.45, 7) is 10.2. The minimum Gasteiger partial charge on any atom is -0.469 e. The van der Waals surface area contributed by atoms with E-state index in [2.05, 4.69) is 47.0 Å². The first-order valence-corrected chi connectivity index (χ1v) is 8.42. The molecule has 124 valence electrons. The van der Waals surface area contributed by atoms with Crippen molar-refractivity contribution >= 4 is 23.3 Å². The summed E-state index contributed by atoms with van der Waals surface area (Å²) in [7, 11) is 1.40. The Labute approximate surface area is 137 Å². The van der Waals surface area contributed by atoms with E-state index in [9.17, 15) is 4.79 Å². The number of guanidine groups is 1. The van der Waals surface area contributed by atoms with Crippen molar-refractivity contribution < 1.29 is 9.53 Å². The zero-order valence-electron chi connectivity index (χ0n) is 14.1. The Morgan fingerprint density at radius 3 is 2.73 bits per heavy atom. The number of carbonyl (C=O) groups is 1. The summed E-state index contributed by atoms with van der Waals surface area (Å²) in [6, 6.07) is 4.20. The van der Waals surface area contributed by atoms with Gasteiger partial charge in [0.1, 0.15) is 0 Å². The van der Waals surface area contributed by atoms with Crippen LogP contribution in [-0.2, 0) is 14.9 Å². The van der Waals surface area contributed by atoms with Crippen LogP contribution in [0.1, 0.15) is 32.6 Å². The van der Waals surface area contributed by atoms with Gasteiger partial charge in [-0.05, 0) is 18.4 Å². The maximum atomic E-state index is 11.4. The van der Waals surface area contributed by atoms with E-state index in [1.54, 1.807) is 11.3 Å². The van der Waals surface area contributed by atoms with E-state index in [-0.39, 0.29) is 17.3 Å². The van der Waals surface area contributed by atoms with Gasteiger partial charge in [-0.25, -0.2) is 0 Å². The van der Waals surface area contributed by atoms with E-state index in [0.717, 1.165) is 12.5 Å². The summed E-state index contributed by atoms with van der Waals surface area (Å²) < 4.78 is 4.73. The fourth-order valence-electron chi connectivity index (χ4n) is 1.89. The molecule has 0 aliphatic carbocycles. The summed E-state index contributed by atoms with van der Waals surface area (Å²) in [5, 5.41) is 8.48. The van der Waals surface area contributed by atoms with E-state index in [4.69, 9.17) is 4.74 Å². The van der Waals surface area contributed by atoms with Crippen LogP contribution in [0, 0.1) is 5.92 Å². The highest BCUT2D eigenvalue weighted by molar-refractivity contribution is 7.10. The lowest BCUT2D eigenvalue weighted by atomic mass is 9.92. The number of methoxy groups -OCH3 is 1. The Kier molecular flexibility index (Phi) is 7.38. The van der Waals surface area contributed by atoms with Crippen molar-refractivity contribution in [1.82, 2.24) is 10.6 Å². The molecule has 0 aromatic carbocycles. The van der Waals surface area contributed by atoms with E-state index in [0.29, 0.717) is 13.1 Å². The van der Waals surface area contributed by atoms with Gasteiger partial charge in [0.05, 0.1) is 19.6 Å². The second kappa shape index (κ2) is 8.78. The van der Waals surface area contributed by atoms with Crippen LogP contribution in [0.15, 0.2) is 22.5 Å². The average molecular weight is 325 g/mol. The van der Waals surface area contributed by atoms with Crippen LogP contribution in [0.4, 0.5) is 0 Å². The quantitative estimate of drug-likeness (QED) is 0.459. The molecule has 0 aliphatic heterocycles. The third kappa shape index (κ3) is 5.67. The van der Waals surface area contributed by atoms with Gasteiger partial charge in [-0.1, -0.05) is 26.8 Å². The lowest BCUT2D eigenvalue weighted by Crippen LogP contribution is -2.41. The van der Waals surface area contributed by atoms with Crippen molar-refractivity contribution in [3.8, 4) is 0 Å². The Balaban J connectivity index is 2.64. The molecule has 0 radical (unpaired) electrons. The molecule has 0 spiro atoms. The SMILES string of the molecule is CCNC(=NCC(C)(C)c1cccs1)NCC(C)C(=O)OC. The number of hydrogen-bond acceptors (Lipinski definition) is 4. The number of esters is 1. The highest BCUT2D eigenvalue weighted by atomic mass is 32.1. The topological polar surface area (TPSA) is 62.7 Å². The Bertz CT molecular complexity index is 484. The molecular weight excluding hydrogens is 298 g/mol. The van der Waals surface area contributed by atoms with Gasteiger partial charge in [-0.3, -0.25) is 9.79 Å². The molecule has 0 aliphatic rings. The van der Waals surface area contributed by atoms with E-state index in [1.165, 1.54) is 12.0 Å². The van der Waals surface area contributed by atoms with Crippen molar-refractivity contribution in [1.29, 1.82) is 0 Å². The highest BCUT2D eigenvalue weighted by Crippen LogP contribution is 2.27. The largest absolute Gasteiger partial charge is 0.469 e. The Morgan fingerprint density at radius 1 is 1.45 bits per heavy atom. The third-order valence-corrected chi connectivity index (χ3v) is 4.58. The summed E-state index contributed by atoms with van der Waals surface area (Å²) in [4.78, 5) is 17.4. The molecule has 1 atom stereocenters. The molecule has 1 aromatic heterocycles. The molecule has 1 unspecified atom stereocenters. The maximum Gasteiger partial charge on any atom is 0.310 e. The van der Waals surface area contributed by atoms with E-state index < -0.39 is 0 Å². The number of nitrogens with one attached hydrogen (secondary N) is 2. The van der Waals surface area contributed by atoms with E-state index >= 15 is 0 Å². The molecule has 5 nitrogen and oxygen atoms in total. The van der Waals surface area contributed by atoms with Crippen molar-refractivity contribution in [3.63, 3.8) is 0 Å². The minimum absolute atomic E-state index is 0.00944. The van der Waals surface area contributed by atoms with Crippen molar-refractivity contribution in [2.75, 3.05) is 26.7 Å². The van der Waals surface area contributed by atoms with Gasteiger partial charge in [0.25, 0.3) is 0 Å². The van der Waals surface area contributed by atoms with Gasteiger partial charge in [0.15, 0.2) is 5.96 Å². The minimum atomic E-state index is -0.220. The molecule has 2 N–H and O–H groups in total. The van der Waals surface area contributed by atoms with Crippen LogP contribution in [0.5, 0.6) is 0 Å². The van der Waals surface area contributed by atoms with Crippen LogP contribution >= 0.6 is 11.3 Å². The van der Waals surface area contributed by atoms with Crippen LogP contribution < -0.4 is 10.6 Å². The standard InChI is InChI=1S/C16H27N3O2S/c1-6-17-15(18-10-12(2)14(20)21-5)19-11-16(3,4)13-8-7-9-22-13/h7-9,12H,6,10-11H2,1-5H3,(H2,17,18,19). The van der Waals surface area contributed by atoms with Gasteiger partial charge in [0.2, 0.25) is 0 Å². The second-order valence-corrected chi connectivity index (χ2v) is 6.81. The summed E-state index contributed by atoms with van der Waals surface area (Å²) in [5.41, 5.74) is -0.00944. The number of rotatable bonds is 7. The first kappa shape index (κ1) is 18.5. The molecule has 1 aromatic rings. The molecule has 0 fully saturated rings. The molecule has 6 heteroatoms.